The molecule has 1 amide bonds. The Morgan fingerprint density at radius 2 is 1.93 bits per heavy atom. The molecule has 1 aromatic heterocycles. The number of carbonyl (C=O) groups is 1. The normalized spacial score (nSPS) is 18.3. The van der Waals surface area contributed by atoms with Gasteiger partial charge < -0.3 is 5.32 Å². The third-order valence-corrected chi connectivity index (χ3v) is 5.88. The van der Waals surface area contributed by atoms with Crippen molar-refractivity contribution in [2.24, 2.45) is 5.92 Å². The zero-order valence-electron chi connectivity index (χ0n) is 16.5. The fourth-order valence-corrected chi connectivity index (χ4v) is 4.01. The topological polar surface area (TPSA) is 50.2 Å². The van der Waals surface area contributed by atoms with Gasteiger partial charge in [0.05, 0.1) is 11.6 Å². The molecular formula is C23H25ClN4O. The Balaban J connectivity index is 1.39. The lowest BCUT2D eigenvalue weighted by Gasteiger charge is -2.36. The second kappa shape index (κ2) is 8.80. The molecule has 0 radical (unpaired) electrons. The second-order valence-corrected chi connectivity index (χ2v) is 7.98. The lowest BCUT2D eigenvalue weighted by molar-refractivity contribution is -0.121. The molecule has 1 fully saturated rings. The van der Waals surface area contributed by atoms with Gasteiger partial charge in [-0.05, 0) is 74.3 Å². The molecule has 150 valence electrons. The molecule has 6 heteroatoms. The van der Waals surface area contributed by atoms with Crippen LogP contribution in [0.15, 0.2) is 67.0 Å². The molecule has 1 aliphatic heterocycles. The van der Waals surface area contributed by atoms with Gasteiger partial charge in [-0.3, -0.25) is 9.69 Å². The first-order chi connectivity index (χ1) is 14.1. The summed E-state index contributed by atoms with van der Waals surface area (Å²) in [7, 11) is 0. The highest BCUT2D eigenvalue weighted by atomic mass is 35.5. The number of nitrogens with one attached hydrogen (secondary N) is 1. The van der Waals surface area contributed by atoms with Crippen LogP contribution in [0.1, 0.15) is 31.4 Å². The second-order valence-electron chi connectivity index (χ2n) is 7.55. The first kappa shape index (κ1) is 19.7. The van der Waals surface area contributed by atoms with E-state index in [0.29, 0.717) is 5.02 Å². The quantitative estimate of drug-likeness (QED) is 0.650. The van der Waals surface area contributed by atoms with Crippen molar-refractivity contribution in [3.8, 4) is 5.69 Å². The Hall–Kier alpha value is -2.63. The Kier molecular flexibility index (Phi) is 5.97. The minimum absolute atomic E-state index is 0.00905. The van der Waals surface area contributed by atoms with Crippen LogP contribution in [0, 0.1) is 5.92 Å². The van der Waals surface area contributed by atoms with E-state index in [1.54, 1.807) is 18.3 Å². The number of aromatic nitrogens is 2. The molecule has 2 atom stereocenters. The number of piperidine rings is 1. The summed E-state index contributed by atoms with van der Waals surface area (Å²) in [5, 5.41) is 7.97. The number of rotatable bonds is 5. The van der Waals surface area contributed by atoms with Gasteiger partial charge in [0.15, 0.2) is 0 Å². The first-order valence-electron chi connectivity index (χ1n) is 10.0. The maximum atomic E-state index is 12.8. The summed E-state index contributed by atoms with van der Waals surface area (Å²) in [4.78, 5) is 15.2. The summed E-state index contributed by atoms with van der Waals surface area (Å²) in [6.45, 7) is 3.98. The number of nitrogens with zero attached hydrogens (tertiary/aromatic N) is 3. The highest BCUT2D eigenvalue weighted by molar-refractivity contribution is 6.30. The Bertz CT molecular complexity index is 938. The molecule has 3 aromatic rings. The van der Waals surface area contributed by atoms with Crippen LogP contribution in [0.3, 0.4) is 0 Å². The van der Waals surface area contributed by atoms with E-state index in [1.807, 2.05) is 29.1 Å². The third-order valence-electron chi connectivity index (χ3n) is 5.63. The molecule has 2 heterocycles. The standard InChI is InChI=1S/C23H25ClN4O/c1-17(18-5-11-22(12-6-18)28-15-3-13-25-28)27-14-2-4-19(16-27)23(29)26-21-9-7-20(24)8-10-21/h3,5-13,15,17,19H,2,4,14,16H2,1H3,(H,26,29). The number of hydrogen-bond donors (Lipinski definition) is 1. The smallest absolute Gasteiger partial charge is 0.228 e. The van der Waals surface area contributed by atoms with Crippen LogP contribution in [0.5, 0.6) is 0 Å². The van der Waals surface area contributed by atoms with Crippen molar-refractivity contribution >= 4 is 23.2 Å². The lowest BCUT2D eigenvalue weighted by atomic mass is 9.94. The number of hydrogen-bond acceptors (Lipinski definition) is 3. The van der Waals surface area contributed by atoms with Gasteiger partial charge in [0, 0.05) is 35.7 Å². The average Bonchev–Trinajstić information content (AvgIpc) is 3.30. The zero-order valence-corrected chi connectivity index (χ0v) is 17.2. The third kappa shape index (κ3) is 4.69. The van der Waals surface area contributed by atoms with Crippen molar-refractivity contribution in [3.05, 3.63) is 77.6 Å². The lowest BCUT2D eigenvalue weighted by Crippen LogP contribution is -2.41. The molecule has 0 spiro atoms. The molecule has 2 aromatic carbocycles. The zero-order chi connectivity index (χ0) is 20.2. The molecule has 4 rings (SSSR count). The number of anilines is 1. The van der Waals surface area contributed by atoms with Gasteiger partial charge in [-0.1, -0.05) is 23.7 Å². The van der Waals surface area contributed by atoms with Gasteiger partial charge in [-0.2, -0.15) is 5.10 Å². The monoisotopic (exact) mass is 408 g/mol. The number of carbonyl (C=O) groups excluding carboxylic acids is 1. The van der Waals surface area contributed by atoms with Crippen LogP contribution in [0.2, 0.25) is 5.02 Å². The number of likely N-dealkylation sites (tertiary alicyclic amines) is 1. The first-order valence-corrected chi connectivity index (χ1v) is 10.4. The molecular weight excluding hydrogens is 384 g/mol. The molecule has 1 N–H and O–H groups in total. The van der Waals surface area contributed by atoms with Crippen molar-refractivity contribution in [1.82, 2.24) is 14.7 Å². The van der Waals surface area contributed by atoms with Crippen molar-refractivity contribution < 1.29 is 4.79 Å². The summed E-state index contributed by atoms with van der Waals surface area (Å²) in [6, 6.07) is 17.9. The molecule has 1 aliphatic rings. The molecule has 0 aliphatic carbocycles. The van der Waals surface area contributed by atoms with E-state index in [-0.39, 0.29) is 17.9 Å². The minimum atomic E-state index is -0.00905. The maximum absolute atomic E-state index is 12.8. The highest BCUT2D eigenvalue weighted by Crippen LogP contribution is 2.28. The number of benzene rings is 2. The van der Waals surface area contributed by atoms with Gasteiger partial charge in [0.2, 0.25) is 5.91 Å². The maximum Gasteiger partial charge on any atom is 0.228 e. The molecule has 5 nitrogen and oxygen atoms in total. The highest BCUT2D eigenvalue weighted by Gasteiger charge is 2.28. The molecule has 0 bridgehead atoms. The summed E-state index contributed by atoms with van der Waals surface area (Å²) >= 11 is 5.92. The summed E-state index contributed by atoms with van der Waals surface area (Å²) < 4.78 is 1.85. The van der Waals surface area contributed by atoms with Crippen LogP contribution in [0.4, 0.5) is 5.69 Å². The summed E-state index contributed by atoms with van der Waals surface area (Å²) in [5.74, 6) is 0.0727. The summed E-state index contributed by atoms with van der Waals surface area (Å²) in [6.07, 6.45) is 5.65. The summed E-state index contributed by atoms with van der Waals surface area (Å²) in [5.41, 5.74) is 3.09. The number of halogens is 1. The van der Waals surface area contributed by atoms with E-state index in [0.717, 1.165) is 37.3 Å². The van der Waals surface area contributed by atoms with Crippen LogP contribution in [0.25, 0.3) is 5.69 Å². The Labute approximate surface area is 176 Å². The Morgan fingerprint density at radius 1 is 1.17 bits per heavy atom. The Morgan fingerprint density at radius 3 is 2.62 bits per heavy atom. The predicted octanol–water partition coefficient (Wildman–Crippen LogP) is 4.94. The van der Waals surface area contributed by atoms with E-state index in [2.05, 4.69) is 46.5 Å². The predicted molar refractivity (Wildman–Crippen MR) is 116 cm³/mol. The van der Waals surface area contributed by atoms with Gasteiger partial charge in [0.25, 0.3) is 0 Å². The average molecular weight is 409 g/mol. The number of amides is 1. The van der Waals surface area contributed by atoms with E-state index in [1.165, 1.54) is 5.56 Å². The molecule has 0 saturated carbocycles. The van der Waals surface area contributed by atoms with Crippen LogP contribution >= 0.6 is 11.6 Å². The van der Waals surface area contributed by atoms with Gasteiger partial charge >= 0.3 is 0 Å². The largest absolute Gasteiger partial charge is 0.326 e. The van der Waals surface area contributed by atoms with Gasteiger partial charge in [-0.25, -0.2) is 4.68 Å². The SMILES string of the molecule is CC(c1ccc(-n2cccn2)cc1)N1CCCC(C(=O)Nc2ccc(Cl)cc2)C1. The van der Waals surface area contributed by atoms with E-state index >= 15 is 0 Å². The minimum Gasteiger partial charge on any atom is -0.326 e. The van der Waals surface area contributed by atoms with Crippen molar-refractivity contribution in [3.63, 3.8) is 0 Å². The van der Waals surface area contributed by atoms with Gasteiger partial charge in [0.1, 0.15) is 0 Å². The fourth-order valence-electron chi connectivity index (χ4n) is 3.89. The van der Waals surface area contributed by atoms with Crippen molar-refractivity contribution in [1.29, 1.82) is 0 Å². The van der Waals surface area contributed by atoms with Crippen molar-refractivity contribution in [2.75, 3.05) is 18.4 Å². The molecule has 1 saturated heterocycles. The van der Waals surface area contributed by atoms with E-state index in [4.69, 9.17) is 11.6 Å². The van der Waals surface area contributed by atoms with E-state index < -0.39 is 0 Å². The van der Waals surface area contributed by atoms with Gasteiger partial charge in [-0.15, -0.1) is 0 Å². The van der Waals surface area contributed by atoms with Crippen LogP contribution in [-0.4, -0.2) is 33.7 Å². The van der Waals surface area contributed by atoms with Crippen LogP contribution < -0.4 is 5.32 Å². The van der Waals surface area contributed by atoms with Crippen molar-refractivity contribution in [2.45, 2.75) is 25.8 Å². The molecule has 2 unspecified atom stereocenters. The fraction of sp³-hybridized carbons (Fsp3) is 0.304. The van der Waals surface area contributed by atoms with Crippen LogP contribution in [-0.2, 0) is 4.79 Å². The van der Waals surface area contributed by atoms with E-state index in [9.17, 15) is 4.79 Å². The molecule has 29 heavy (non-hydrogen) atoms.